The number of nitrogens with one attached hydrogen (secondary N) is 1. The van der Waals surface area contributed by atoms with Crippen LogP contribution in [0, 0.1) is 0 Å². The van der Waals surface area contributed by atoms with Crippen molar-refractivity contribution in [2.75, 3.05) is 5.32 Å². The number of aryl methyl sites for hydroxylation is 1. The topological polar surface area (TPSA) is 37.8 Å². The van der Waals surface area contributed by atoms with Crippen LogP contribution < -0.4 is 5.32 Å². The Balaban J connectivity index is 2.06. The number of rotatable bonds is 5. The minimum Gasteiger partial charge on any atom is -0.363 e. The van der Waals surface area contributed by atoms with Crippen LogP contribution in [0.4, 0.5) is 5.82 Å². The second-order valence-corrected chi connectivity index (χ2v) is 5.90. The summed E-state index contributed by atoms with van der Waals surface area (Å²) >= 11 is 7.53. The number of hydrogen-bond acceptors (Lipinski definition) is 4. The van der Waals surface area contributed by atoms with Crippen molar-refractivity contribution in [2.45, 2.75) is 32.7 Å². The zero-order valence-electron chi connectivity index (χ0n) is 10.5. The van der Waals surface area contributed by atoms with E-state index in [1.165, 1.54) is 4.88 Å². The molecule has 18 heavy (non-hydrogen) atoms. The first kappa shape index (κ1) is 13.3. The Kier molecular flexibility index (Phi) is 4.55. The van der Waals surface area contributed by atoms with Gasteiger partial charge in [-0.15, -0.1) is 11.3 Å². The summed E-state index contributed by atoms with van der Waals surface area (Å²) in [5.41, 5.74) is 1.08. The molecule has 1 atom stereocenters. The van der Waals surface area contributed by atoms with Gasteiger partial charge in [-0.1, -0.05) is 24.9 Å². The maximum atomic E-state index is 5.94. The van der Waals surface area contributed by atoms with Gasteiger partial charge in [0.2, 0.25) is 0 Å². The third-order valence-electron chi connectivity index (χ3n) is 2.62. The highest BCUT2D eigenvalue weighted by Gasteiger charge is 2.09. The first-order valence-corrected chi connectivity index (χ1v) is 7.21. The quantitative estimate of drug-likeness (QED) is 0.887. The molecule has 2 aromatic heterocycles. The summed E-state index contributed by atoms with van der Waals surface area (Å²) < 4.78 is 0.813. The van der Waals surface area contributed by atoms with Gasteiger partial charge in [-0.25, -0.2) is 9.97 Å². The van der Waals surface area contributed by atoms with Crippen LogP contribution in [-0.4, -0.2) is 9.97 Å². The Morgan fingerprint density at radius 3 is 2.89 bits per heavy atom. The summed E-state index contributed by atoms with van der Waals surface area (Å²) in [5.74, 6) is 0.866. The van der Waals surface area contributed by atoms with E-state index in [0.717, 1.165) is 28.7 Å². The number of nitrogens with zero attached hydrogens (tertiary/aromatic N) is 2. The Labute approximate surface area is 116 Å². The lowest BCUT2D eigenvalue weighted by atomic mass is 10.2. The average molecular weight is 282 g/mol. The Morgan fingerprint density at radius 1 is 1.39 bits per heavy atom. The van der Waals surface area contributed by atoms with Crippen molar-refractivity contribution in [1.82, 2.24) is 9.97 Å². The largest absolute Gasteiger partial charge is 0.363 e. The van der Waals surface area contributed by atoms with E-state index in [-0.39, 0.29) is 6.04 Å². The van der Waals surface area contributed by atoms with Crippen molar-refractivity contribution in [3.63, 3.8) is 0 Å². The molecule has 0 aromatic carbocycles. The van der Waals surface area contributed by atoms with E-state index in [0.29, 0.717) is 0 Å². The lowest BCUT2D eigenvalue weighted by molar-refractivity contribution is 0.857. The molecule has 1 N–H and O–H groups in total. The number of thiophene rings is 1. The van der Waals surface area contributed by atoms with Crippen LogP contribution in [0.5, 0.6) is 0 Å². The Morgan fingerprint density at radius 2 is 2.22 bits per heavy atom. The molecule has 1 unspecified atom stereocenters. The van der Waals surface area contributed by atoms with Gasteiger partial charge < -0.3 is 5.32 Å². The molecule has 5 heteroatoms. The van der Waals surface area contributed by atoms with Gasteiger partial charge >= 0.3 is 0 Å². The summed E-state index contributed by atoms with van der Waals surface area (Å²) in [6.07, 6.45) is 3.68. The number of halogens is 1. The fourth-order valence-corrected chi connectivity index (χ4v) is 2.79. The monoisotopic (exact) mass is 281 g/mol. The van der Waals surface area contributed by atoms with Gasteiger partial charge in [-0.3, -0.25) is 0 Å². The molecule has 0 spiro atoms. The summed E-state index contributed by atoms with van der Waals surface area (Å²) in [5, 5.41) is 3.37. The van der Waals surface area contributed by atoms with Crippen LogP contribution in [0.15, 0.2) is 24.5 Å². The zero-order chi connectivity index (χ0) is 13.0. The van der Waals surface area contributed by atoms with Gasteiger partial charge in [0.1, 0.15) is 12.1 Å². The smallest absolute Gasteiger partial charge is 0.130 e. The molecule has 0 aliphatic rings. The minimum absolute atomic E-state index is 0.201. The highest BCUT2D eigenvalue weighted by molar-refractivity contribution is 7.16. The van der Waals surface area contributed by atoms with Crippen LogP contribution in [0.25, 0.3) is 0 Å². The van der Waals surface area contributed by atoms with Crippen molar-refractivity contribution in [3.05, 3.63) is 39.4 Å². The molecule has 2 heterocycles. The fraction of sp³-hybridized carbons (Fsp3) is 0.385. The maximum absolute atomic E-state index is 5.94. The minimum atomic E-state index is 0.201. The molecular formula is C13H16ClN3S. The van der Waals surface area contributed by atoms with E-state index < -0.39 is 0 Å². The highest BCUT2D eigenvalue weighted by atomic mass is 35.5. The molecule has 2 rings (SSSR count). The number of aromatic nitrogens is 2. The van der Waals surface area contributed by atoms with Crippen LogP contribution in [0.1, 0.15) is 36.9 Å². The van der Waals surface area contributed by atoms with Crippen molar-refractivity contribution in [3.8, 4) is 0 Å². The van der Waals surface area contributed by atoms with Gasteiger partial charge in [-0.05, 0) is 25.5 Å². The molecule has 96 valence electrons. The van der Waals surface area contributed by atoms with Gasteiger partial charge in [-0.2, -0.15) is 0 Å². The average Bonchev–Trinajstić information content (AvgIpc) is 2.77. The Bertz CT molecular complexity index is 512. The predicted molar refractivity (Wildman–Crippen MR) is 77.4 cm³/mol. The van der Waals surface area contributed by atoms with Crippen molar-refractivity contribution in [1.29, 1.82) is 0 Å². The van der Waals surface area contributed by atoms with Crippen molar-refractivity contribution in [2.24, 2.45) is 0 Å². The van der Waals surface area contributed by atoms with E-state index in [2.05, 4.69) is 29.1 Å². The molecule has 0 amide bonds. The van der Waals surface area contributed by atoms with Crippen LogP contribution in [0.2, 0.25) is 4.34 Å². The van der Waals surface area contributed by atoms with Crippen LogP contribution in [0.3, 0.4) is 0 Å². The van der Waals surface area contributed by atoms with Crippen molar-refractivity contribution < 1.29 is 0 Å². The summed E-state index contributed by atoms with van der Waals surface area (Å²) in [7, 11) is 0. The number of hydrogen-bond donors (Lipinski definition) is 1. The molecule has 0 aliphatic heterocycles. The predicted octanol–water partition coefficient (Wildman–Crippen LogP) is 4.32. The lowest BCUT2D eigenvalue weighted by Crippen LogP contribution is -2.07. The lowest BCUT2D eigenvalue weighted by Gasteiger charge is -2.13. The van der Waals surface area contributed by atoms with Crippen LogP contribution >= 0.6 is 22.9 Å². The van der Waals surface area contributed by atoms with Gasteiger partial charge in [0.25, 0.3) is 0 Å². The van der Waals surface area contributed by atoms with E-state index in [1.807, 2.05) is 18.2 Å². The zero-order valence-corrected chi connectivity index (χ0v) is 12.1. The standard InChI is InChI=1S/C13H16ClN3S/c1-3-4-10-7-13(16-8-15-10)17-9(2)11-5-6-12(14)18-11/h5-9H,3-4H2,1-2H3,(H,15,16,17). The fourth-order valence-electron chi connectivity index (χ4n) is 1.72. The highest BCUT2D eigenvalue weighted by Crippen LogP contribution is 2.28. The summed E-state index contributed by atoms with van der Waals surface area (Å²) in [6, 6.07) is 6.17. The molecule has 0 radical (unpaired) electrons. The first-order valence-electron chi connectivity index (χ1n) is 6.01. The summed E-state index contributed by atoms with van der Waals surface area (Å²) in [6.45, 7) is 4.25. The molecule has 3 nitrogen and oxygen atoms in total. The molecule has 2 aromatic rings. The van der Waals surface area contributed by atoms with Gasteiger partial charge in [0.05, 0.1) is 10.4 Å². The van der Waals surface area contributed by atoms with E-state index in [4.69, 9.17) is 11.6 Å². The second kappa shape index (κ2) is 6.16. The normalized spacial score (nSPS) is 12.4. The van der Waals surface area contributed by atoms with E-state index in [9.17, 15) is 0 Å². The third kappa shape index (κ3) is 3.43. The Hall–Kier alpha value is -1.13. The van der Waals surface area contributed by atoms with Crippen molar-refractivity contribution >= 4 is 28.8 Å². The first-order chi connectivity index (χ1) is 8.69. The molecule has 0 aliphatic carbocycles. The van der Waals surface area contributed by atoms with Crippen LogP contribution in [-0.2, 0) is 6.42 Å². The summed E-state index contributed by atoms with van der Waals surface area (Å²) in [4.78, 5) is 9.69. The van der Waals surface area contributed by atoms with E-state index in [1.54, 1.807) is 17.7 Å². The number of anilines is 1. The van der Waals surface area contributed by atoms with Gasteiger partial charge in [0, 0.05) is 16.6 Å². The molecule has 0 saturated heterocycles. The maximum Gasteiger partial charge on any atom is 0.130 e. The molecular weight excluding hydrogens is 266 g/mol. The SMILES string of the molecule is CCCc1cc(NC(C)c2ccc(Cl)s2)ncn1. The van der Waals surface area contributed by atoms with Gasteiger partial charge in [0.15, 0.2) is 0 Å². The second-order valence-electron chi connectivity index (χ2n) is 4.15. The molecule has 0 bridgehead atoms. The molecule has 0 saturated carbocycles. The molecule has 0 fully saturated rings. The third-order valence-corrected chi connectivity index (χ3v) is 4.03. The van der Waals surface area contributed by atoms with E-state index >= 15 is 0 Å².